The molecule has 0 spiro atoms. The van der Waals surface area contributed by atoms with Crippen molar-refractivity contribution in [3.63, 3.8) is 0 Å². The summed E-state index contributed by atoms with van der Waals surface area (Å²) in [5.74, 6) is 0.938. The first-order valence-corrected chi connectivity index (χ1v) is 7.63. The van der Waals surface area contributed by atoms with Gasteiger partial charge in [0.2, 0.25) is 5.91 Å². The van der Waals surface area contributed by atoms with Crippen LogP contribution in [0.5, 0.6) is 0 Å². The second-order valence-corrected chi connectivity index (χ2v) is 6.16. The summed E-state index contributed by atoms with van der Waals surface area (Å²) in [4.78, 5) is 14.4. The second-order valence-electron chi connectivity index (χ2n) is 6.16. The van der Waals surface area contributed by atoms with E-state index in [0.717, 1.165) is 24.6 Å². The van der Waals surface area contributed by atoms with Gasteiger partial charge in [0, 0.05) is 0 Å². The number of nitrogens with zero attached hydrogens (tertiary/aromatic N) is 1. The lowest BCUT2D eigenvalue weighted by Gasteiger charge is -2.30. The Morgan fingerprint density at radius 3 is 2.50 bits per heavy atom. The van der Waals surface area contributed by atoms with Crippen molar-refractivity contribution < 1.29 is 4.79 Å². The summed E-state index contributed by atoms with van der Waals surface area (Å²) >= 11 is 0. The number of carbonyl (C=O) groups excluding carboxylic acids is 1. The minimum Gasteiger partial charge on any atom is -0.348 e. The number of rotatable bonds is 4. The summed E-state index contributed by atoms with van der Waals surface area (Å²) in [6.07, 6.45) is 2.42. The predicted octanol–water partition coefficient (Wildman–Crippen LogP) is 2.90. The third-order valence-electron chi connectivity index (χ3n) is 4.20. The number of carbonyl (C=O) groups is 1. The van der Waals surface area contributed by atoms with Crippen LogP contribution in [0.1, 0.15) is 43.9 Å². The van der Waals surface area contributed by atoms with Crippen molar-refractivity contribution in [2.75, 3.05) is 19.6 Å². The van der Waals surface area contributed by atoms with E-state index >= 15 is 0 Å². The Hall–Kier alpha value is -1.35. The molecule has 0 saturated carbocycles. The van der Waals surface area contributed by atoms with Crippen LogP contribution in [-0.4, -0.2) is 30.4 Å². The molecule has 0 aliphatic carbocycles. The number of aryl methyl sites for hydroxylation is 1. The average molecular weight is 274 g/mol. The molecule has 1 atom stereocenters. The smallest absolute Gasteiger partial charge is 0.234 e. The lowest BCUT2D eigenvalue weighted by Crippen LogP contribution is -2.41. The van der Waals surface area contributed by atoms with Crippen molar-refractivity contribution in [2.24, 2.45) is 5.92 Å². The number of benzene rings is 1. The maximum Gasteiger partial charge on any atom is 0.234 e. The molecule has 1 aromatic rings. The van der Waals surface area contributed by atoms with E-state index < -0.39 is 0 Å². The van der Waals surface area contributed by atoms with Gasteiger partial charge in [-0.2, -0.15) is 0 Å². The second kappa shape index (κ2) is 6.89. The van der Waals surface area contributed by atoms with E-state index in [9.17, 15) is 4.79 Å². The van der Waals surface area contributed by atoms with E-state index in [1.54, 1.807) is 0 Å². The van der Waals surface area contributed by atoms with Crippen LogP contribution in [0.3, 0.4) is 0 Å². The van der Waals surface area contributed by atoms with Crippen LogP contribution < -0.4 is 5.32 Å². The highest BCUT2D eigenvalue weighted by atomic mass is 16.2. The maximum atomic E-state index is 12.1. The fourth-order valence-corrected chi connectivity index (χ4v) is 2.65. The third-order valence-corrected chi connectivity index (χ3v) is 4.20. The van der Waals surface area contributed by atoms with Gasteiger partial charge in [-0.15, -0.1) is 0 Å². The molecule has 3 heteroatoms. The average Bonchev–Trinajstić information content (AvgIpc) is 2.42. The van der Waals surface area contributed by atoms with Gasteiger partial charge in [-0.1, -0.05) is 36.8 Å². The van der Waals surface area contributed by atoms with E-state index in [-0.39, 0.29) is 11.9 Å². The van der Waals surface area contributed by atoms with Crippen molar-refractivity contribution in [3.8, 4) is 0 Å². The highest BCUT2D eigenvalue weighted by molar-refractivity contribution is 5.78. The Morgan fingerprint density at radius 2 is 1.90 bits per heavy atom. The van der Waals surface area contributed by atoms with Crippen molar-refractivity contribution in [1.82, 2.24) is 10.2 Å². The van der Waals surface area contributed by atoms with Crippen LogP contribution in [0.25, 0.3) is 0 Å². The molecule has 20 heavy (non-hydrogen) atoms. The van der Waals surface area contributed by atoms with Gasteiger partial charge < -0.3 is 5.32 Å². The molecule has 1 amide bonds. The normalized spacial score (nSPS) is 18.8. The van der Waals surface area contributed by atoms with E-state index in [2.05, 4.69) is 48.3 Å². The van der Waals surface area contributed by atoms with Crippen LogP contribution in [0.2, 0.25) is 0 Å². The summed E-state index contributed by atoms with van der Waals surface area (Å²) in [5, 5.41) is 3.09. The summed E-state index contributed by atoms with van der Waals surface area (Å²) in [5.41, 5.74) is 2.41. The Kier molecular flexibility index (Phi) is 5.18. The lowest BCUT2D eigenvalue weighted by molar-refractivity contribution is -0.123. The SMILES string of the molecule is Cc1ccc(C(C)NC(=O)CN2CCC(C)CC2)cc1. The first kappa shape index (κ1) is 15.0. The van der Waals surface area contributed by atoms with Gasteiger partial charge >= 0.3 is 0 Å². The van der Waals surface area contributed by atoms with Crippen LogP contribution in [0, 0.1) is 12.8 Å². The minimum atomic E-state index is 0.0758. The van der Waals surface area contributed by atoms with Crippen molar-refractivity contribution in [2.45, 2.75) is 39.7 Å². The molecule has 1 saturated heterocycles. The number of amides is 1. The van der Waals surface area contributed by atoms with Crippen LogP contribution in [-0.2, 0) is 4.79 Å². The van der Waals surface area contributed by atoms with Gasteiger partial charge in [0.25, 0.3) is 0 Å². The Labute approximate surface area is 122 Å². The van der Waals surface area contributed by atoms with E-state index in [1.807, 2.05) is 6.92 Å². The number of nitrogens with one attached hydrogen (secondary N) is 1. The molecule has 1 N–H and O–H groups in total. The topological polar surface area (TPSA) is 32.3 Å². The fourth-order valence-electron chi connectivity index (χ4n) is 2.65. The molecule has 1 aromatic carbocycles. The third kappa shape index (κ3) is 4.34. The fraction of sp³-hybridized carbons (Fsp3) is 0.588. The summed E-state index contributed by atoms with van der Waals surface area (Å²) in [7, 11) is 0. The molecule has 1 aliphatic rings. The Bertz CT molecular complexity index is 433. The molecule has 1 aliphatic heterocycles. The number of piperidine rings is 1. The zero-order valence-corrected chi connectivity index (χ0v) is 12.9. The van der Waals surface area contributed by atoms with E-state index in [4.69, 9.17) is 0 Å². The number of hydrogen-bond donors (Lipinski definition) is 1. The Morgan fingerprint density at radius 1 is 1.30 bits per heavy atom. The van der Waals surface area contributed by atoms with Crippen LogP contribution in [0.4, 0.5) is 0 Å². The highest BCUT2D eigenvalue weighted by Crippen LogP contribution is 2.16. The zero-order valence-electron chi connectivity index (χ0n) is 12.9. The molecule has 2 rings (SSSR count). The lowest BCUT2D eigenvalue weighted by atomic mass is 9.99. The maximum absolute atomic E-state index is 12.1. The molecule has 1 fully saturated rings. The largest absolute Gasteiger partial charge is 0.348 e. The molecular weight excluding hydrogens is 248 g/mol. The van der Waals surface area contributed by atoms with Crippen molar-refractivity contribution >= 4 is 5.91 Å². The summed E-state index contributed by atoms with van der Waals surface area (Å²) in [6, 6.07) is 8.42. The molecule has 1 unspecified atom stereocenters. The molecule has 0 aromatic heterocycles. The van der Waals surface area contributed by atoms with Crippen molar-refractivity contribution in [3.05, 3.63) is 35.4 Å². The van der Waals surface area contributed by atoms with Crippen molar-refractivity contribution in [1.29, 1.82) is 0 Å². The van der Waals surface area contributed by atoms with Gasteiger partial charge in [0.15, 0.2) is 0 Å². The molecular formula is C17H26N2O. The first-order chi connectivity index (χ1) is 9.54. The zero-order chi connectivity index (χ0) is 14.5. The minimum absolute atomic E-state index is 0.0758. The molecule has 0 bridgehead atoms. The van der Waals surface area contributed by atoms with Gasteiger partial charge in [0.05, 0.1) is 12.6 Å². The van der Waals surface area contributed by atoms with Gasteiger partial charge in [-0.05, 0) is 51.3 Å². The highest BCUT2D eigenvalue weighted by Gasteiger charge is 2.18. The van der Waals surface area contributed by atoms with Gasteiger partial charge in [0.1, 0.15) is 0 Å². The monoisotopic (exact) mass is 274 g/mol. The summed E-state index contributed by atoms with van der Waals surface area (Å²) < 4.78 is 0. The van der Waals surface area contributed by atoms with Gasteiger partial charge in [-0.3, -0.25) is 9.69 Å². The standard InChI is InChI=1S/C17H26N2O/c1-13-4-6-16(7-5-13)15(3)18-17(20)12-19-10-8-14(2)9-11-19/h4-7,14-15H,8-12H2,1-3H3,(H,18,20). The molecule has 3 nitrogen and oxygen atoms in total. The van der Waals surface area contributed by atoms with Crippen LogP contribution in [0.15, 0.2) is 24.3 Å². The predicted molar refractivity (Wildman–Crippen MR) is 82.6 cm³/mol. The van der Waals surface area contributed by atoms with E-state index in [0.29, 0.717) is 6.54 Å². The number of likely N-dealkylation sites (tertiary alicyclic amines) is 1. The van der Waals surface area contributed by atoms with Crippen LogP contribution >= 0.6 is 0 Å². The summed E-state index contributed by atoms with van der Waals surface area (Å²) in [6.45, 7) is 9.03. The van der Waals surface area contributed by atoms with E-state index in [1.165, 1.54) is 18.4 Å². The Balaban J connectivity index is 1.80. The molecule has 110 valence electrons. The van der Waals surface area contributed by atoms with Gasteiger partial charge in [-0.25, -0.2) is 0 Å². The quantitative estimate of drug-likeness (QED) is 0.915. The molecule has 0 radical (unpaired) electrons. The first-order valence-electron chi connectivity index (χ1n) is 7.63. The number of hydrogen-bond acceptors (Lipinski definition) is 2. The molecule has 1 heterocycles.